The molecule has 5 nitrogen and oxygen atoms in total. The number of rotatable bonds is 6. The summed E-state index contributed by atoms with van der Waals surface area (Å²) in [5, 5.41) is 7.43. The Labute approximate surface area is 195 Å². The Morgan fingerprint density at radius 1 is 1.06 bits per heavy atom. The summed E-state index contributed by atoms with van der Waals surface area (Å²) in [7, 11) is 0. The zero-order valence-electron chi connectivity index (χ0n) is 17.9. The van der Waals surface area contributed by atoms with E-state index in [0.29, 0.717) is 18.4 Å². The molecule has 1 aromatic carbocycles. The van der Waals surface area contributed by atoms with Crippen molar-refractivity contribution in [2.45, 2.75) is 38.4 Å². The summed E-state index contributed by atoms with van der Waals surface area (Å²) in [5.41, 5.74) is 0.915. The summed E-state index contributed by atoms with van der Waals surface area (Å²) in [6.07, 6.45) is 4.86. The van der Waals surface area contributed by atoms with E-state index >= 15 is 0 Å². The van der Waals surface area contributed by atoms with E-state index in [9.17, 15) is 18.0 Å². The number of nitrogens with zero attached hydrogens (tertiary/aromatic N) is 3. The number of benzene rings is 1. The molecule has 4 rings (SSSR count). The number of hydrogen-bond donors (Lipinski definition) is 1. The molecule has 1 aliphatic carbocycles. The van der Waals surface area contributed by atoms with Crippen molar-refractivity contribution in [3.63, 3.8) is 0 Å². The van der Waals surface area contributed by atoms with Crippen LogP contribution in [0.25, 0.3) is 11.3 Å². The molecule has 1 fully saturated rings. The maximum absolute atomic E-state index is 12.9. The third-order valence-electron chi connectivity index (χ3n) is 6.12. The van der Waals surface area contributed by atoms with Gasteiger partial charge in [-0.2, -0.15) is 18.3 Å². The van der Waals surface area contributed by atoms with Gasteiger partial charge >= 0.3 is 6.18 Å². The molecule has 1 aliphatic rings. The van der Waals surface area contributed by atoms with E-state index < -0.39 is 17.6 Å². The molecule has 2 heterocycles. The number of pyridine rings is 1. The minimum atomic E-state index is -4.52. The van der Waals surface area contributed by atoms with Gasteiger partial charge in [-0.15, -0.1) is 0 Å². The number of carbonyl (C=O) groups is 1. The molecule has 2 aromatic heterocycles. The number of hydrogen-bond acceptors (Lipinski definition) is 3. The average Bonchev–Trinajstić information content (AvgIpc) is 3.27. The largest absolute Gasteiger partial charge is 0.416 e. The molecular formula is C24H24ClF3N4O. The predicted molar refractivity (Wildman–Crippen MR) is 120 cm³/mol. The van der Waals surface area contributed by atoms with E-state index in [2.05, 4.69) is 15.4 Å². The Kier molecular flexibility index (Phi) is 7.02. The Morgan fingerprint density at radius 2 is 1.76 bits per heavy atom. The van der Waals surface area contributed by atoms with Crippen molar-refractivity contribution in [2.75, 3.05) is 6.54 Å². The standard InChI is InChI=1S/C24H24ClF3N4O/c25-21-6-5-19(24(26,27)28)13-20(21)23(33)30-14-16-1-3-17(4-2-16)15-32-12-9-22(31-32)18-7-10-29-11-8-18/h5-13,16-17H,1-4,14-15H2,(H,30,33). The summed E-state index contributed by atoms with van der Waals surface area (Å²) in [6, 6.07) is 8.64. The predicted octanol–water partition coefficient (Wildman–Crippen LogP) is 5.85. The maximum atomic E-state index is 12.9. The molecule has 0 spiro atoms. The maximum Gasteiger partial charge on any atom is 0.416 e. The Morgan fingerprint density at radius 3 is 2.45 bits per heavy atom. The fourth-order valence-corrected chi connectivity index (χ4v) is 4.43. The van der Waals surface area contributed by atoms with E-state index in [0.717, 1.165) is 61.7 Å². The lowest BCUT2D eigenvalue weighted by molar-refractivity contribution is -0.137. The first-order chi connectivity index (χ1) is 15.8. The quantitative estimate of drug-likeness (QED) is 0.485. The van der Waals surface area contributed by atoms with Gasteiger partial charge < -0.3 is 5.32 Å². The molecule has 9 heteroatoms. The highest BCUT2D eigenvalue weighted by Gasteiger charge is 2.32. The number of aromatic nitrogens is 3. The van der Waals surface area contributed by atoms with Crippen molar-refractivity contribution in [1.82, 2.24) is 20.1 Å². The molecule has 1 amide bonds. The number of halogens is 4. The van der Waals surface area contributed by atoms with Crippen molar-refractivity contribution in [3.05, 3.63) is 71.1 Å². The number of carbonyl (C=O) groups excluding carboxylic acids is 1. The van der Waals surface area contributed by atoms with Gasteiger partial charge in [-0.1, -0.05) is 11.6 Å². The van der Waals surface area contributed by atoms with Crippen molar-refractivity contribution < 1.29 is 18.0 Å². The van der Waals surface area contributed by atoms with Gasteiger partial charge in [0, 0.05) is 37.2 Å². The Balaban J connectivity index is 1.26. The van der Waals surface area contributed by atoms with Crippen molar-refractivity contribution in [3.8, 4) is 11.3 Å². The highest BCUT2D eigenvalue weighted by atomic mass is 35.5. The normalized spacial score (nSPS) is 18.8. The van der Waals surface area contributed by atoms with E-state index in [1.54, 1.807) is 12.4 Å². The molecule has 0 radical (unpaired) electrons. The summed E-state index contributed by atoms with van der Waals surface area (Å²) >= 11 is 5.96. The Hall–Kier alpha value is -2.87. The van der Waals surface area contributed by atoms with Crippen LogP contribution in [0, 0.1) is 11.8 Å². The fraction of sp³-hybridized carbons (Fsp3) is 0.375. The minimum absolute atomic E-state index is 0.00886. The van der Waals surface area contributed by atoms with Crippen LogP contribution in [0.4, 0.5) is 13.2 Å². The molecule has 1 saturated carbocycles. The zero-order chi connectivity index (χ0) is 23.4. The fourth-order valence-electron chi connectivity index (χ4n) is 4.23. The van der Waals surface area contributed by atoms with Crippen LogP contribution in [-0.4, -0.2) is 27.2 Å². The van der Waals surface area contributed by atoms with Crippen LogP contribution in [0.2, 0.25) is 5.02 Å². The van der Waals surface area contributed by atoms with Crippen molar-refractivity contribution in [1.29, 1.82) is 0 Å². The highest BCUT2D eigenvalue weighted by Crippen LogP contribution is 2.32. The summed E-state index contributed by atoms with van der Waals surface area (Å²) in [6.45, 7) is 1.26. The minimum Gasteiger partial charge on any atom is -0.352 e. The van der Waals surface area contributed by atoms with E-state index in [-0.39, 0.29) is 10.6 Å². The number of alkyl halides is 3. The second-order valence-corrected chi connectivity index (χ2v) is 8.86. The first-order valence-electron chi connectivity index (χ1n) is 10.9. The summed E-state index contributed by atoms with van der Waals surface area (Å²) in [4.78, 5) is 16.5. The molecule has 33 heavy (non-hydrogen) atoms. The SMILES string of the molecule is O=C(NCC1CCC(Cn2ccc(-c3ccncc3)n2)CC1)c1cc(C(F)(F)F)ccc1Cl. The van der Waals surface area contributed by atoms with E-state index in [1.165, 1.54) is 0 Å². The van der Waals surface area contributed by atoms with Gasteiger partial charge in [0.1, 0.15) is 0 Å². The monoisotopic (exact) mass is 476 g/mol. The van der Waals surface area contributed by atoms with Crippen LogP contribution in [0.15, 0.2) is 55.0 Å². The lowest BCUT2D eigenvalue weighted by Crippen LogP contribution is -2.32. The van der Waals surface area contributed by atoms with Crippen LogP contribution in [0.3, 0.4) is 0 Å². The lowest BCUT2D eigenvalue weighted by Gasteiger charge is -2.28. The van der Waals surface area contributed by atoms with Gasteiger partial charge in [0.15, 0.2) is 0 Å². The molecule has 1 N–H and O–H groups in total. The molecular weight excluding hydrogens is 453 g/mol. The number of amides is 1. The van der Waals surface area contributed by atoms with Gasteiger partial charge in [-0.05, 0) is 73.9 Å². The van der Waals surface area contributed by atoms with E-state index in [4.69, 9.17) is 11.6 Å². The topological polar surface area (TPSA) is 59.8 Å². The molecule has 174 valence electrons. The first-order valence-corrected chi connectivity index (χ1v) is 11.3. The van der Waals surface area contributed by atoms with Gasteiger partial charge in [0.05, 0.1) is 21.8 Å². The van der Waals surface area contributed by atoms with Crippen molar-refractivity contribution in [2.24, 2.45) is 11.8 Å². The van der Waals surface area contributed by atoms with Crippen LogP contribution in [-0.2, 0) is 12.7 Å². The lowest BCUT2D eigenvalue weighted by atomic mass is 9.82. The molecule has 0 aliphatic heterocycles. The van der Waals surface area contributed by atoms with Crippen LogP contribution < -0.4 is 5.32 Å². The van der Waals surface area contributed by atoms with Gasteiger partial charge in [-0.25, -0.2) is 0 Å². The van der Waals surface area contributed by atoms with Gasteiger partial charge in [0.2, 0.25) is 0 Å². The third kappa shape index (κ3) is 5.93. The second kappa shape index (κ2) is 9.95. The summed E-state index contributed by atoms with van der Waals surface area (Å²) < 4.78 is 40.8. The summed E-state index contributed by atoms with van der Waals surface area (Å²) in [5.74, 6) is 0.216. The molecule has 3 aromatic rings. The molecule has 0 unspecified atom stereocenters. The van der Waals surface area contributed by atoms with Crippen LogP contribution in [0.1, 0.15) is 41.6 Å². The van der Waals surface area contributed by atoms with Crippen LogP contribution >= 0.6 is 11.6 Å². The smallest absolute Gasteiger partial charge is 0.352 e. The van der Waals surface area contributed by atoms with Gasteiger partial charge in [-0.3, -0.25) is 14.5 Å². The molecule has 0 bridgehead atoms. The second-order valence-electron chi connectivity index (χ2n) is 8.45. The molecule has 0 saturated heterocycles. The van der Waals surface area contributed by atoms with Gasteiger partial charge in [0.25, 0.3) is 5.91 Å². The zero-order valence-corrected chi connectivity index (χ0v) is 18.6. The molecule has 0 atom stereocenters. The number of nitrogens with one attached hydrogen (secondary N) is 1. The van der Waals surface area contributed by atoms with Crippen LogP contribution in [0.5, 0.6) is 0 Å². The first kappa shape index (κ1) is 23.3. The van der Waals surface area contributed by atoms with E-state index in [1.807, 2.05) is 29.1 Å². The Bertz CT molecular complexity index is 1090. The third-order valence-corrected chi connectivity index (χ3v) is 6.45. The highest BCUT2D eigenvalue weighted by molar-refractivity contribution is 6.33. The average molecular weight is 477 g/mol. The van der Waals surface area contributed by atoms with Crippen molar-refractivity contribution >= 4 is 17.5 Å².